The second kappa shape index (κ2) is 13.2. The summed E-state index contributed by atoms with van der Waals surface area (Å²) in [4.78, 5) is 49.8. The van der Waals surface area contributed by atoms with Crippen molar-refractivity contribution in [2.75, 3.05) is 56.9 Å². The van der Waals surface area contributed by atoms with Crippen LogP contribution in [0.15, 0.2) is 70.8 Å². The molecule has 5 heterocycles. The molecular weight excluding hydrogens is 592 g/mol. The quantitative estimate of drug-likeness (QED) is 0.253. The van der Waals surface area contributed by atoms with Crippen LogP contribution in [0.1, 0.15) is 47.3 Å². The lowest BCUT2D eigenvalue weighted by molar-refractivity contribution is -0.132. The van der Waals surface area contributed by atoms with Gasteiger partial charge in [-0.1, -0.05) is 36.4 Å². The van der Waals surface area contributed by atoms with Gasteiger partial charge in [0.25, 0.3) is 0 Å². The minimum atomic E-state index is -0.548. The first-order valence-corrected chi connectivity index (χ1v) is 15.8. The van der Waals surface area contributed by atoms with Crippen LogP contribution in [-0.2, 0) is 9.59 Å². The lowest BCUT2D eigenvalue weighted by atomic mass is 9.85. The molecule has 0 aliphatic carbocycles. The van der Waals surface area contributed by atoms with Gasteiger partial charge in [-0.25, -0.2) is 9.98 Å². The van der Waals surface area contributed by atoms with Gasteiger partial charge in [-0.15, -0.1) is 0 Å². The van der Waals surface area contributed by atoms with Gasteiger partial charge in [0.15, 0.2) is 0 Å². The third-order valence-electron chi connectivity index (χ3n) is 9.32. The van der Waals surface area contributed by atoms with E-state index in [1.807, 2.05) is 42.2 Å². The summed E-state index contributed by atoms with van der Waals surface area (Å²) in [6.07, 6.45) is 7.39. The number of carbonyl (C=O) groups is 2. The van der Waals surface area contributed by atoms with Crippen molar-refractivity contribution >= 4 is 46.8 Å². The molecule has 0 saturated carbocycles. The van der Waals surface area contributed by atoms with Crippen molar-refractivity contribution in [3.05, 3.63) is 88.9 Å². The van der Waals surface area contributed by atoms with Gasteiger partial charge < -0.3 is 16.4 Å². The number of aromatic nitrogens is 2. The van der Waals surface area contributed by atoms with Crippen LogP contribution >= 0.6 is 0 Å². The van der Waals surface area contributed by atoms with E-state index < -0.39 is 5.41 Å². The number of hydrogen-bond acceptors (Lipinski definition) is 8. The molecule has 47 heavy (non-hydrogen) atoms. The predicted octanol–water partition coefficient (Wildman–Crippen LogP) is 2.89. The standard InChI is InChI=1S/C35H40N10O2/c1-23-3-9-28(40-19-23)31(37)32-27(36)8-10-29(42-32)45-18-14-35(34(45)47)13-17-43(21-35)20-30(46)44-15-11-25(12-16-44)24-4-6-26(7-5-24)33(38)41-22-39-2/h3-11,19,22,37H,12-18,20-21,36H2,1-2H3,(H2,38,39,41)/t35-/m0/s1. The van der Waals surface area contributed by atoms with Gasteiger partial charge in [0, 0.05) is 45.0 Å². The number of nitrogens with one attached hydrogen (secondary N) is 1. The van der Waals surface area contributed by atoms with E-state index in [0.29, 0.717) is 74.3 Å². The van der Waals surface area contributed by atoms with Gasteiger partial charge in [-0.2, -0.15) is 0 Å². The Morgan fingerprint density at radius 1 is 1.09 bits per heavy atom. The number of carbonyl (C=O) groups excluding carboxylic acids is 2. The van der Waals surface area contributed by atoms with Gasteiger partial charge in [0.05, 0.1) is 23.3 Å². The van der Waals surface area contributed by atoms with Crippen molar-refractivity contribution < 1.29 is 9.59 Å². The molecule has 0 bridgehead atoms. The van der Waals surface area contributed by atoms with Crippen molar-refractivity contribution in [1.82, 2.24) is 19.8 Å². The van der Waals surface area contributed by atoms with E-state index in [1.165, 1.54) is 11.9 Å². The van der Waals surface area contributed by atoms with Crippen LogP contribution in [0.3, 0.4) is 0 Å². The monoisotopic (exact) mass is 632 g/mol. The number of amides is 2. The molecule has 0 radical (unpaired) electrons. The average Bonchev–Trinajstić information content (AvgIpc) is 3.65. The molecule has 2 saturated heterocycles. The lowest BCUT2D eigenvalue weighted by Crippen LogP contribution is -2.43. The van der Waals surface area contributed by atoms with Crippen LogP contribution in [0.5, 0.6) is 0 Å². The van der Waals surface area contributed by atoms with E-state index in [4.69, 9.17) is 16.9 Å². The summed E-state index contributed by atoms with van der Waals surface area (Å²) < 4.78 is 0. The van der Waals surface area contributed by atoms with Crippen LogP contribution in [0.25, 0.3) is 5.57 Å². The molecule has 5 N–H and O–H groups in total. The van der Waals surface area contributed by atoms with Crippen LogP contribution in [0.2, 0.25) is 0 Å². The molecule has 2 fully saturated rings. The first-order chi connectivity index (χ1) is 22.7. The highest BCUT2D eigenvalue weighted by Gasteiger charge is 2.51. The van der Waals surface area contributed by atoms with Crippen LogP contribution in [-0.4, -0.2) is 95.8 Å². The third-order valence-corrected chi connectivity index (χ3v) is 9.32. The van der Waals surface area contributed by atoms with Crippen LogP contribution in [0.4, 0.5) is 11.5 Å². The number of nitrogens with two attached hydrogens (primary N) is 2. The van der Waals surface area contributed by atoms with Crippen molar-refractivity contribution in [3.8, 4) is 0 Å². The van der Waals surface area contributed by atoms with Gasteiger partial charge in [0.2, 0.25) is 11.8 Å². The number of aliphatic imine (C=N–C) groups is 2. The topological polar surface area (TPSA) is 170 Å². The van der Waals surface area contributed by atoms with E-state index >= 15 is 0 Å². The normalized spacial score (nSPS) is 20.4. The van der Waals surface area contributed by atoms with Gasteiger partial charge in [0.1, 0.15) is 29.4 Å². The van der Waals surface area contributed by atoms with Crippen LogP contribution in [0, 0.1) is 17.7 Å². The van der Waals surface area contributed by atoms with Crippen molar-refractivity contribution in [2.45, 2.75) is 26.2 Å². The summed E-state index contributed by atoms with van der Waals surface area (Å²) in [5.74, 6) is 0.982. The Kier molecular flexibility index (Phi) is 8.95. The number of anilines is 2. The second-order valence-corrected chi connectivity index (χ2v) is 12.4. The number of amidine groups is 1. The summed E-state index contributed by atoms with van der Waals surface area (Å²) in [5.41, 5.74) is 17.0. The number of pyridine rings is 2. The number of benzene rings is 1. The molecule has 3 aromatic rings. The molecule has 2 aromatic heterocycles. The summed E-state index contributed by atoms with van der Waals surface area (Å²) in [5, 5.41) is 8.66. The number of likely N-dealkylation sites (tertiary alicyclic amines) is 1. The molecule has 1 aromatic carbocycles. The number of hydrogen-bond donors (Lipinski definition) is 3. The smallest absolute Gasteiger partial charge is 0.237 e. The fourth-order valence-electron chi connectivity index (χ4n) is 6.56. The van der Waals surface area contributed by atoms with E-state index in [1.54, 1.807) is 36.3 Å². The minimum absolute atomic E-state index is 0.0127. The summed E-state index contributed by atoms with van der Waals surface area (Å²) >= 11 is 0. The summed E-state index contributed by atoms with van der Waals surface area (Å²) in [6.45, 7) is 5.18. The molecule has 12 heteroatoms. The lowest BCUT2D eigenvalue weighted by Gasteiger charge is -2.29. The molecule has 0 unspecified atom stereocenters. The van der Waals surface area contributed by atoms with Gasteiger partial charge in [-0.3, -0.25) is 34.8 Å². The Hall–Kier alpha value is -5.23. The summed E-state index contributed by atoms with van der Waals surface area (Å²) in [6, 6.07) is 15.0. The largest absolute Gasteiger partial charge is 0.397 e. The molecule has 2 amide bonds. The van der Waals surface area contributed by atoms with E-state index in [2.05, 4.69) is 30.9 Å². The molecule has 3 aliphatic heterocycles. The zero-order valence-corrected chi connectivity index (χ0v) is 26.8. The van der Waals surface area contributed by atoms with E-state index in [0.717, 1.165) is 23.1 Å². The Balaban J connectivity index is 1.05. The summed E-state index contributed by atoms with van der Waals surface area (Å²) in [7, 11) is 1.65. The third kappa shape index (κ3) is 6.54. The molecule has 242 valence electrons. The molecule has 3 aliphatic rings. The Morgan fingerprint density at radius 3 is 2.57 bits per heavy atom. The maximum atomic E-state index is 13.9. The second-order valence-electron chi connectivity index (χ2n) is 12.4. The van der Waals surface area contributed by atoms with Gasteiger partial charge >= 0.3 is 0 Å². The highest BCUT2D eigenvalue weighted by atomic mass is 16.2. The fourth-order valence-corrected chi connectivity index (χ4v) is 6.56. The Bertz CT molecular complexity index is 1780. The fraction of sp³-hybridized carbons (Fsp3) is 0.343. The van der Waals surface area contributed by atoms with Crippen molar-refractivity contribution in [1.29, 1.82) is 5.41 Å². The predicted molar refractivity (Wildman–Crippen MR) is 185 cm³/mol. The number of nitrogen functional groups attached to an aromatic ring is 1. The first-order valence-electron chi connectivity index (χ1n) is 15.8. The zero-order chi connectivity index (χ0) is 33.1. The minimum Gasteiger partial charge on any atom is -0.397 e. The Morgan fingerprint density at radius 2 is 1.87 bits per heavy atom. The molecule has 6 rings (SSSR count). The molecule has 1 atom stereocenters. The highest BCUT2D eigenvalue weighted by Crippen LogP contribution is 2.42. The number of rotatable bonds is 8. The maximum Gasteiger partial charge on any atom is 0.237 e. The average molecular weight is 633 g/mol. The van der Waals surface area contributed by atoms with E-state index in [9.17, 15) is 9.59 Å². The molecule has 1 spiro atoms. The zero-order valence-electron chi connectivity index (χ0n) is 26.8. The van der Waals surface area contributed by atoms with E-state index in [-0.39, 0.29) is 24.1 Å². The van der Waals surface area contributed by atoms with Crippen molar-refractivity contribution in [3.63, 3.8) is 0 Å². The van der Waals surface area contributed by atoms with Crippen molar-refractivity contribution in [2.24, 2.45) is 21.1 Å². The Labute approximate surface area is 274 Å². The SMILES string of the molecule is CN=CN=C(N)c1ccc(C2=CCN(C(=O)CN3CC[C@]4(CCN(c5ccc(N)c(C(=N)c6ccc(C)cn6)n5)C4=O)C3)CC2)cc1. The van der Waals surface area contributed by atoms with Gasteiger partial charge in [-0.05, 0) is 67.6 Å². The number of nitrogens with zero attached hydrogens (tertiary/aromatic N) is 7. The molecule has 12 nitrogen and oxygen atoms in total. The maximum absolute atomic E-state index is 13.9. The number of aryl methyl sites for hydroxylation is 1. The molecular formula is C35H40N10O2. The van der Waals surface area contributed by atoms with Crippen LogP contribution < -0.4 is 16.4 Å². The first kappa shape index (κ1) is 31.7. The highest BCUT2D eigenvalue weighted by molar-refractivity contribution is 6.12.